The minimum Gasteiger partial charge on any atom is -0.480 e. The van der Waals surface area contributed by atoms with E-state index in [1.807, 2.05) is 12.1 Å². The summed E-state index contributed by atoms with van der Waals surface area (Å²) in [5, 5.41) is 12.3. The van der Waals surface area contributed by atoms with Gasteiger partial charge in [-0.15, -0.1) is 0 Å². The third-order valence-electron chi connectivity index (χ3n) is 7.11. The Labute approximate surface area is 199 Å². The molecule has 3 unspecified atom stereocenters. The molecule has 3 fully saturated rings. The molecule has 2 saturated carbocycles. The van der Waals surface area contributed by atoms with E-state index >= 15 is 0 Å². The predicted octanol–water partition coefficient (Wildman–Crippen LogP) is 4.33. The molecule has 180 valence electrons. The minimum atomic E-state index is -3.92. The van der Waals surface area contributed by atoms with E-state index in [2.05, 4.69) is 5.32 Å². The van der Waals surface area contributed by atoms with E-state index in [0.29, 0.717) is 31.1 Å². The van der Waals surface area contributed by atoms with Crippen LogP contribution in [0.25, 0.3) is 11.1 Å². The summed E-state index contributed by atoms with van der Waals surface area (Å²) in [5.41, 5.74) is 2.29. The SMILES string of the molecule is O=C(Nc1ccc(-c2ccc(S(=O)(=O)N3C(C(=O)O)CC4CCCC43)cc2)cc1)OCC1CC1. The van der Waals surface area contributed by atoms with Crippen LogP contribution >= 0.6 is 0 Å². The monoisotopic (exact) mass is 484 g/mol. The highest BCUT2D eigenvalue weighted by Gasteiger charge is 2.52. The summed E-state index contributed by atoms with van der Waals surface area (Å²) in [6.07, 6.45) is 4.65. The zero-order chi connectivity index (χ0) is 23.9. The normalized spacial score (nSPS) is 24.5. The Bertz CT molecular complexity index is 1170. The van der Waals surface area contributed by atoms with Crippen molar-refractivity contribution in [1.29, 1.82) is 0 Å². The summed E-state index contributed by atoms with van der Waals surface area (Å²) in [7, 11) is -3.92. The van der Waals surface area contributed by atoms with Gasteiger partial charge in [-0.1, -0.05) is 30.7 Å². The Hall–Kier alpha value is -2.91. The van der Waals surface area contributed by atoms with Crippen molar-refractivity contribution in [2.24, 2.45) is 11.8 Å². The molecule has 5 rings (SSSR count). The van der Waals surface area contributed by atoms with Crippen molar-refractivity contribution in [2.75, 3.05) is 11.9 Å². The van der Waals surface area contributed by atoms with E-state index in [1.165, 1.54) is 16.4 Å². The van der Waals surface area contributed by atoms with E-state index < -0.39 is 28.1 Å². The number of hydrogen-bond acceptors (Lipinski definition) is 5. The van der Waals surface area contributed by atoms with Gasteiger partial charge in [-0.3, -0.25) is 10.1 Å². The summed E-state index contributed by atoms with van der Waals surface area (Å²) in [6.45, 7) is 0.450. The van der Waals surface area contributed by atoms with Gasteiger partial charge in [0, 0.05) is 11.7 Å². The summed E-state index contributed by atoms with van der Waals surface area (Å²) in [6, 6.07) is 12.5. The largest absolute Gasteiger partial charge is 0.480 e. The number of nitrogens with one attached hydrogen (secondary N) is 1. The predicted molar refractivity (Wildman–Crippen MR) is 126 cm³/mol. The van der Waals surface area contributed by atoms with Crippen LogP contribution in [0.3, 0.4) is 0 Å². The average Bonchev–Trinajstić information content (AvgIpc) is 3.41. The minimum absolute atomic E-state index is 0.103. The molecule has 0 radical (unpaired) electrons. The van der Waals surface area contributed by atoms with E-state index in [-0.39, 0.29) is 16.9 Å². The van der Waals surface area contributed by atoms with E-state index in [1.54, 1.807) is 24.3 Å². The molecule has 1 aliphatic heterocycles. The van der Waals surface area contributed by atoms with Crippen LogP contribution < -0.4 is 5.32 Å². The van der Waals surface area contributed by atoms with Crippen molar-refractivity contribution in [3.63, 3.8) is 0 Å². The quantitative estimate of drug-likeness (QED) is 0.605. The Morgan fingerprint density at radius 2 is 1.62 bits per heavy atom. The van der Waals surface area contributed by atoms with Crippen molar-refractivity contribution in [1.82, 2.24) is 4.31 Å². The molecule has 9 heteroatoms. The van der Waals surface area contributed by atoms with Crippen molar-refractivity contribution in [3.8, 4) is 11.1 Å². The second kappa shape index (κ2) is 9.03. The van der Waals surface area contributed by atoms with Gasteiger partial charge in [0.25, 0.3) is 0 Å². The fraction of sp³-hybridized carbons (Fsp3) is 0.440. The molecular weight excluding hydrogens is 456 g/mol. The fourth-order valence-corrected chi connectivity index (χ4v) is 6.99. The Morgan fingerprint density at radius 1 is 0.971 bits per heavy atom. The molecule has 34 heavy (non-hydrogen) atoms. The molecule has 0 aromatic heterocycles. The maximum absolute atomic E-state index is 13.4. The molecular formula is C25H28N2O6S. The van der Waals surface area contributed by atoms with Crippen LogP contribution in [-0.2, 0) is 19.6 Å². The van der Waals surface area contributed by atoms with Gasteiger partial charge < -0.3 is 9.84 Å². The molecule has 0 spiro atoms. The standard InChI is InChI=1S/C25H28N2O6S/c28-24(29)23-14-19-2-1-3-22(19)27(23)34(31,32)21-12-8-18(9-13-21)17-6-10-20(11-7-17)26-25(30)33-15-16-4-5-16/h6-13,16,19,22-23H,1-5,14-15H2,(H,26,30)(H,28,29). The number of fused-ring (bicyclic) bond motifs is 1. The second-order valence-electron chi connectivity index (χ2n) is 9.45. The van der Waals surface area contributed by atoms with Crippen molar-refractivity contribution < 1.29 is 27.9 Å². The van der Waals surface area contributed by atoms with E-state index in [0.717, 1.165) is 36.8 Å². The number of nitrogens with zero attached hydrogens (tertiary/aromatic N) is 1. The van der Waals surface area contributed by atoms with Crippen LogP contribution in [0.4, 0.5) is 10.5 Å². The van der Waals surface area contributed by atoms with Gasteiger partial charge in [0.2, 0.25) is 10.0 Å². The molecule has 2 aliphatic carbocycles. The van der Waals surface area contributed by atoms with Crippen molar-refractivity contribution in [3.05, 3.63) is 48.5 Å². The lowest BCUT2D eigenvalue weighted by Gasteiger charge is -2.26. The number of carbonyl (C=O) groups is 2. The van der Waals surface area contributed by atoms with Gasteiger partial charge in [0.1, 0.15) is 6.04 Å². The Morgan fingerprint density at radius 3 is 2.24 bits per heavy atom. The Kier molecular flexibility index (Phi) is 6.07. The highest BCUT2D eigenvalue weighted by atomic mass is 32.2. The highest BCUT2D eigenvalue weighted by molar-refractivity contribution is 7.89. The highest BCUT2D eigenvalue weighted by Crippen LogP contribution is 2.44. The molecule has 1 amide bonds. The lowest BCUT2D eigenvalue weighted by molar-refractivity contribution is -0.141. The molecule has 2 aromatic rings. The molecule has 2 aromatic carbocycles. The van der Waals surface area contributed by atoms with Crippen LogP contribution in [-0.4, -0.2) is 48.6 Å². The van der Waals surface area contributed by atoms with Gasteiger partial charge >= 0.3 is 12.1 Å². The number of aliphatic carboxylic acids is 1. The third-order valence-corrected chi connectivity index (χ3v) is 9.05. The average molecular weight is 485 g/mol. The number of carbonyl (C=O) groups excluding carboxylic acids is 1. The molecule has 1 heterocycles. The number of benzene rings is 2. The number of amides is 1. The van der Waals surface area contributed by atoms with Crippen LogP contribution in [0.15, 0.2) is 53.4 Å². The van der Waals surface area contributed by atoms with E-state index in [9.17, 15) is 23.1 Å². The lowest BCUT2D eigenvalue weighted by Crippen LogP contribution is -2.44. The van der Waals surface area contributed by atoms with Crippen LogP contribution in [0.1, 0.15) is 38.5 Å². The smallest absolute Gasteiger partial charge is 0.411 e. The number of carboxylic acids is 1. The maximum atomic E-state index is 13.4. The summed E-state index contributed by atoms with van der Waals surface area (Å²) >= 11 is 0. The molecule has 3 atom stereocenters. The number of hydrogen-bond donors (Lipinski definition) is 2. The number of ether oxygens (including phenoxy) is 1. The lowest BCUT2D eigenvalue weighted by atomic mass is 10.0. The number of sulfonamides is 1. The summed E-state index contributed by atoms with van der Waals surface area (Å²) in [5.74, 6) is -0.465. The van der Waals surface area contributed by atoms with Crippen LogP contribution in [0.5, 0.6) is 0 Å². The first-order valence-electron chi connectivity index (χ1n) is 11.7. The molecule has 1 saturated heterocycles. The molecule has 0 bridgehead atoms. The van der Waals surface area contributed by atoms with Gasteiger partial charge in [0.15, 0.2) is 0 Å². The van der Waals surface area contributed by atoms with E-state index in [4.69, 9.17) is 4.74 Å². The van der Waals surface area contributed by atoms with Crippen molar-refractivity contribution >= 4 is 27.8 Å². The zero-order valence-electron chi connectivity index (χ0n) is 18.7. The molecule has 8 nitrogen and oxygen atoms in total. The molecule has 3 aliphatic rings. The number of rotatable bonds is 7. The van der Waals surface area contributed by atoms with Gasteiger partial charge in [-0.05, 0) is 79.3 Å². The summed E-state index contributed by atoms with van der Waals surface area (Å²) < 4.78 is 33.2. The fourth-order valence-electron chi connectivity index (χ4n) is 5.12. The second-order valence-corrected chi connectivity index (χ2v) is 11.3. The molecule has 2 N–H and O–H groups in total. The first-order chi connectivity index (χ1) is 16.3. The number of carboxylic acid groups (broad SMARTS) is 1. The van der Waals surface area contributed by atoms with Gasteiger partial charge in [0.05, 0.1) is 11.5 Å². The van der Waals surface area contributed by atoms with Gasteiger partial charge in [-0.2, -0.15) is 4.31 Å². The Balaban J connectivity index is 1.29. The van der Waals surface area contributed by atoms with Crippen LogP contribution in [0.2, 0.25) is 0 Å². The summed E-state index contributed by atoms with van der Waals surface area (Å²) in [4.78, 5) is 23.7. The van der Waals surface area contributed by atoms with Gasteiger partial charge in [-0.25, -0.2) is 13.2 Å². The maximum Gasteiger partial charge on any atom is 0.411 e. The van der Waals surface area contributed by atoms with Crippen molar-refractivity contribution in [2.45, 2.75) is 55.5 Å². The first-order valence-corrected chi connectivity index (χ1v) is 13.2. The third kappa shape index (κ3) is 4.54. The zero-order valence-corrected chi connectivity index (χ0v) is 19.5. The first kappa shape index (κ1) is 22.9. The number of anilines is 1. The topological polar surface area (TPSA) is 113 Å². The van der Waals surface area contributed by atoms with Crippen LogP contribution in [0, 0.1) is 11.8 Å².